The minimum Gasteiger partial charge on any atom is -0.453 e. The van der Waals surface area contributed by atoms with E-state index in [4.69, 9.17) is 22.1 Å². The van der Waals surface area contributed by atoms with Crippen molar-refractivity contribution in [2.45, 2.75) is 45.2 Å². The van der Waals surface area contributed by atoms with Gasteiger partial charge >= 0.3 is 0 Å². The van der Waals surface area contributed by atoms with Gasteiger partial charge in [-0.05, 0) is 31.0 Å². The lowest BCUT2D eigenvalue weighted by Crippen LogP contribution is -2.36. The molecule has 0 radical (unpaired) electrons. The number of nitrogens with two attached hydrogens (primary N) is 1. The Kier molecular flexibility index (Phi) is 7.42. The Morgan fingerprint density at radius 3 is 2.46 bits per heavy atom. The van der Waals surface area contributed by atoms with Crippen LogP contribution in [0.3, 0.4) is 0 Å². The van der Waals surface area contributed by atoms with Crippen LogP contribution in [0.15, 0.2) is 42.5 Å². The highest BCUT2D eigenvalue weighted by molar-refractivity contribution is 6.32. The molecular formula is C20H24ClFN2O2. The van der Waals surface area contributed by atoms with Crippen molar-refractivity contribution in [3.05, 3.63) is 58.9 Å². The Balaban J connectivity index is 2.29. The number of carbonyl (C=O) groups is 1. The molecule has 0 spiro atoms. The van der Waals surface area contributed by atoms with E-state index in [2.05, 4.69) is 5.32 Å². The van der Waals surface area contributed by atoms with Crippen LogP contribution in [0.5, 0.6) is 11.5 Å². The maximum absolute atomic E-state index is 15.1. The van der Waals surface area contributed by atoms with Crippen LogP contribution in [0.25, 0.3) is 0 Å². The molecule has 2 atom stereocenters. The van der Waals surface area contributed by atoms with Crippen LogP contribution < -0.4 is 15.8 Å². The molecule has 2 aromatic carbocycles. The van der Waals surface area contributed by atoms with Gasteiger partial charge in [-0.15, -0.1) is 0 Å². The van der Waals surface area contributed by atoms with Gasteiger partial charge in [-0.3, -0.25) is 4.79 Å². The van der Waals surface area contributed by atoms with Crippen molar-refractivity contribution in [1.82, 2.24) is 5.32 Å². The Hall–Kier alpha value is -2.11. The maximum atomic E-state index is 15.1. The van der Waals surface area contributed by atoms with Gasteiger partial charge in [0, 0.05) is 24.1 Å². The van der Waals surface area contributed by atoms with Gasteiger partial charge in [-0.25, -0.2) is 4.39 Å². The molecule has 0 fully saturated rings. The number of amides is 1. The van der Waals surface area contributed by atoms with Gasteiger partial charge in [0.15, 0.2) is 11.6 Å². The van der Waals surface area contributed by atoms with Gasteiger partial charge in [-0.1, -0.05) is 49.7 Å². The minimum absolute atomic E-state index is 0.00133. The van der Waals surface area contributed by atoms with E-state index < -0.39 is 5.82 Å². The van der Waals surface area contributed by atoms with Gasteiger partial charge < -0.3 is 15.8 Å². The van der Waals surface area contributed by atoms with E-state index >= 15 is 4.39 Å². The summed E-state index contributed by atoms with van der Waals surface area (Å²) in [4.78, 5) is 11.2. The summed E-state index contributed by atoms with van der Waals surface area (Å²) in [5, 5.41) is 3.52. The summed E-state index contributed by atoms with van der Waals surface area (Å²) in [6.45, 7) is 3.90. The summed E-state index contributed by atoms with van der Waals surface area (Å²) < 4.78 is 20.8. The predicted molar refractivity (Wildman–Crippen MR) is 102 cm³/mol. The zero-order valence-electron chi connectivity index (χ0n) is 15.0. The minimum atomic E-state index is -0.505. The number of rotatable bonds is 9. The molecule has 2 aromatic rings. The third kappa shape index (κ3) is 5.19. The number of carbonyl (C=O) groups excluding carboxylic acids is 1. The second-order valence-corrected chi connectivity index (χ2v) is 6.51. The lowest BCUT2D eigenvalue weighted by molar-refractivity contribution is -0.118. The molecule has 0 unspecified atom stereocenters. The topological polar surface area (TPSA) is 64.4 Å². The van der Waals surface area contributed by atoms with Crippen LogP contribution in [0, 0.1) is 5.82 Å². The fourth-order valence-corrected chi connectivity index (χ4v) is 2.98. The van der Waals surface area contributed by atoms with Crippen molar-refractivity contribution in [1.29, 1.82) is 0 Å². The Morgan fingerprint density at radius 1 is 1.19 bits per heavy atom. The molecular weight excluding hydrogens is 355 g/mol. The summed E-state index contributed by atoms with van der Waals surface area (Å²) in [6.07, 6.45) is 1.55. The quantitative estimate of drug-likeness (QED) is 0.647. The SMILES string of the molecule is CC[C@H](CC(N)=O)N[C@H](CC)c1ccc(Cl)c(Oc2ccccc2)c1F. The first-order valence-corrected chi connectivity index (χ1v) is 9.09. The lowest BCUT2D eigenvalue weighted by Gasteiger charge is -2.25. The number of para-hydroxylation sites is 1. The van der Waals surface area contributed by atoms with Crippen molar-refractivity contribution in [3.63, 3.8) is 0 Å². The molecule has 1 amide bonds. The number of ether oxygens (including phenoxy) is 1. The summed E-state index contributed by atoms with van der Waals surface area (Å²) >= 11 is 6.15. The zero-order chi connectivity index (χ0) is 19.1. The first-order valence-electron chi connectivity index (χ1n) is 8.71. The standard InChI is InChI=1S/C20H24ClFN2O2/c1-3-13(12-18(23)25)24-17(4-2)15-10-11-16(21)20(19(15)22)26-14-8-6-5-7-9-14/h5-11,13,17,24H,3-4,12H2,1-2H3,(H2,23,25)/t13-,17-/m1/s1. The van der Waals surface area contributed by atoms with Crippen LogP contribution in [-0.4, -0.2) is 11.9 Å². The average Bonchev–Trinajstić information content (AvgIpc) is 2.63. The van der Waals surface area contributed by atoms with Crippen LogP contribution in [0.4, 0.5) is 4.39 Å². The van der Waals surface area contributed by atoms with Crippen LogP contribution in [-0.2, 0) is 4.79 Å². The second-order valence-electron chi connectivity index (χ2n) is 6.10. The van der Waals surface area contributed by atoms with Crippen LogP contribution in [0.2, 0.25) is 5.02 Å². The smallest absolute Gasteiger partial charge is 0.218 e. The average molecular weight is 379 g/mol. The van der Waals surface area contributed by atoms with Gasteiger partial charge in [-0.2, -0.15) is 0 Å². The zero-order valence-corrected chi connectivity index (χ0v) is 15.7. The normalized spacial score (nSPS) is 13.2. The molecule has 0 aliphatic rings. The van der Waals surface area contributed by atoms with Gasteiger partial charge in [0.05, 0.1) is 5.02 Å². The summed E-state index contributed by atoms with van der Waals surface area (Å²) in [5.74, 6) is -0.385. The van der Waals surface area contributed by atoms with Gasteiger partial charge in [0.25, 0.3) is 0 Å². The number of hydrogen-bond acceptors (Lipinski definition) is 3. The first kappa shape index (κ1) is 20.2. The number of hydrogen-bond donors (Lipinski definition) is 2. The fourth-order valence-electron chi connectivity index (χ4n) is 2.79. The molecule has 0 bridgehead atoms. The van der Waals surface area contributed by atoms with Crippen LogP contribution >= 0.6 is 11.6 Å². The van der Waals surface area contributed by atoms with E-state index in [-0.39, 0.29) is 35.2 Å². The molecule has 0 aromatic heterocycles. The maximum Gasteiger partial charge on any atom is 0.218 e. The third-order valence-corrected chi connectivity index (χ3v) is 4.50. The van der Waals surface area contributed by atoms with Crippen molar-refractivity contribution >= 4 is 17.5 Å². The monoisotopic (exact) mass is 378 g/mol. The highest BCUT2D eigenvalue weighted by atomic mass is 35.5. The molecule has 0 saturated heterocycles. The van der Waals surface area contributed by atoms with Crippen molar-refractivity contribution in [2.75, 3.05) is 0 Å². The Bertz CT molecular complexity index is 740. The van der Waals surface area contributed by atoms with Gasteiger partial charge in [0.1, 0.15) is 5.75 Å². The van der Waals surface area contributed by atoms with Crippen LogP contribution in [0.1, 0.15) is 44.7 Å². The Morgan fingerprint density at radius 2 is 1.88 bits per heavy atom. The molecule has 0 heterocycles. The van der Waals surface area contributed by atoms with Crippen molar-refractivity contribution in [3.8, 4) is 11.5 Å². The van der Waals surface area contributed by atoms with E-state index in [1.807, 2.05) is 19.9 Å². The van der Waals surface area contributed by atoms with Crippen molar-refractivity contribution in [2.24, 2.45) is 5.73 Å². The second kappa shape index (κ2) is 9.55. The third-order valence-electron chi connectivity index (χ3n) is 4.20. The first-order chi connectivity index (χ1) is 12.5. The highest BCUT2D eigenvalue weighted by Crippen LogP contribution is 2.36. The molecule has 2 rings (SSSR count). The predicted octanol–water partition coefficient (Wildman–Crippen LogP) is 4.97. The molecule has 140 valence electrons. The largest absolute Gasteiger partial charge is 0.453 e. The number of nitrogens with one attached hydrogen (secondary N) is 1. The van der Waals surface area contributed by atoms with E-state index in [1.165, 1.54) is 0 Å². The summed E-state index contributed by atoms with van der Waals surface area (Å²) in [7, 11) is 0. The molecule has 3 N–H and O–H groups in total. The van der Waals surface area contributed by atoms with Crippen molar-refractivity contribution < 1.29 is 13.9 Å². The fraction of sp³-hybridized carbons (Fsp3) is 0.350. The number of halogens is 2. The molecule has 0 aliphatic heterocycles. The molecule has 0 saturated carbocycles. The van der Waals surface area contributed by atoms with E-state index in [1.54, 1.807) is 36.4 Å². The summed E-state index contributed by atoms with van der Waals surface area (Å²) in [5.41, 5.74) is 5.74. The summed E-state index contributed by atoms with van der Waals surface area (Å²) in [6, 6.07) is 11.8. The number of primary amides is 1. The van der Waals surface area contributed by atoms with Gasteiger partial charge in [0.2, 0.25) is 5.91 Å². The molecule has 4 nitrogen and oxygen atoms in total. The van der Waals surface area contributed by atoms with E-state index in [0.29, 0.717) is 24.2 Å². The highest BCUT2D eigenvalue weighted by Gasteiger charge is 2.23. The lowest BCUT2D eigenvalue weighted by atomic mass is 10.0. The Labute approximate surface area is 158 Å². The molecule has 26 heavy (non-hydrogen) atoms. The number of benzene rings is 2. The molecule has 0 aliphatic carbocycles. The molecule has 6 heteroatoms. The van der Waals surface area contributed by atoms with E-state index in [9.17, 15) is 4.79 Å². The van der Waals surface area contributed by atoms with E-state index in [0.717, 1.165) is 0 Å².